The molecule has 0 amide bonds. The van der Waals surface area contributed by atoms with E-state index < -0.39 is 0 Å². The smallest absolute Gasteiger partial charge is 0.0546 e. The molecule has 0 saturated heterocycles. The van der Waals surface area contributed by atoms with Crippen LogP contribution in [0.25, 0.3) is 65.3 Å². The van der Waals surface area contributed by atoms with Crippen LogP contribution in [0, 0.1) is 0 Å². The second-order valence-corrected chi connectivity index (χ2v) is 14.1. The first-order valence-corrected chi connectivity index (χ1v) is 17.5. The fraction of sp³-hybridized carbons (Fsp3) is 0.0612. The van der Waals surface area contributed by atoms with Crippen molar-refractivity contribution in [2.75, 3.05) is 4.90 Å². The van der Waals surface area contributed by atoms with Gasteiger partial charge in [0.25, 0.3) is 0 Å². The molecular formula is C49H35N. The van der Waals surface area contributed by atoms with Crippen molar-refractivity contribution in [1.29, 1.82) is 0 Å². The van der Waals surface area contributed by atoms with E-state index in [9.17, 15) is 0 Å². The van der Waals surface area contributed by atoms with Gasteiger partial charge in [0.2, 0.25) is 0 Å². The molecule has 9 aromatic carbocycles. The monoisotopic (exact) mass is 637 g/mol. The predicted octanol–water partition coefficient (Wildman–Crippen LogP) is 13.7. The molecule has 1 aliphatic carbocycles. The number of benzene rings is 9. The maximum absolute atomic E-state index is 2.52. The zero-order chi connectivity index (χ0) is 33.4. The molecule has 0 N–H and O–H groups in total. The molecule has 0 fully saturated rings. The first kappa shape index (κ1) is 28.8. The quantitative estimate of drug-likeness (QED) is 0.174. The number of para-hydroxylation sites is 1. The van der Waals surface area contributed by atoms with E-state index in [1.54, 1.807) is 0 Å². The van der Waals surface area contributed by atoms with Crippen LogP contribution in [0.1, 0.15) is 25.0 Å². The Bertz CT molecular complexity index is 2800. The van der Waals surface area contributed by atoms with Crippen molar-refractivity contribution in [2.45, 2.75) is 19.3 Å². The summed E-state index contributed by atoms with van der Waals surface area (Å²) in [5.74, 6) is 0. The van der Waals surface area contributed by atoms with Gasteiger partial charge in [-0.2, -0.15) is 0 Å². The normalized spacial score (nSPS) is 13.2. The molecule has 50 heavy (non-hydrogen) atoms. The maximum atomic E-state index is 2.52. The van der Waals surface area contributed by atoms with Crippen molar-refractivity contribution in [3.05, 3.63) is 187 Å². The van der Waals surface area contributed by atoms with Gasteiger partial charge in [-0.3, -0.25) is 0 Å². The lowest BCUT2D eigenvalue weighted by Gasteiger charge is -2.30. The van der Waals surface area contributed by atoms with Gasteiger partial charge in [-0.15, -0.1) is 0 Å². The SMILES string of the molecule is CC1(C)c2ccccc2-c2cc(N(c3ccccc3-c3ccc4ccccc4c3)c3cc4c5ccccc5ccc4c4ccccc34)ccc21. The lowest BCUT2D eigenvalue weighted by atomic mass is 9.82. The fourth-order valence-corrected chi connectivity index (χ4v) is 8.55. The molecule has 0 radical (unpaired) electrons. The average molecular weight is 638 g/mol. The summed E-state index contributed by atoms with van der Waals surface area (Å²) in [6, 6.07) is 65.1. The Morgan fingerprint density at radius 2 is 0.980 bits per heavy atom. The van der Waals surface area contributed by atoms with Crippen molar-refractivity contribution < 1.29 is 0 Å². The van der Waals surface area contributed by atoms with E-state index in [4.69, 9.17) is 0 Å². The van der Waals surface area contributed by atoms with E-state index in [2.05, 4.69) is 195 Å². The van der Waals surface area contributed by atoms with E-state index in [0.29, 0.717) is 0 Å². The number of fused-ring (bicyclic) bond motifs is 9. The Morgan fingerprint density at radius 3 is 1.84 bits per heavy atom. The molecule has 0 unspecified atom stereocenters. The predicted molar refractivity (Wildman–Crippen MR) is 214 cm³/mol. The number of anilines is 3. The number of rotatable bonds is 4. The molecule has 9 aromatic rings. The Balaban J connectivity index is 1.31. The highest BCUT2D eigenvalue weighted by atomic mass is 15.1. The molecule has 1 aliphatic rings. The summed E-state index contributed by atoms with van der Waals surface area (Å²) in [5.41, 5.74) is 11.2. The maximum Gasteiger partial charge on any atom is 0.0546 e. The highest BCUT2D eigenvalue weighted by Gasteiger charge is 2.35. The number of nitrogens with zero attached hydrogens (tertiary/aromatic N) is 1. The van der Waals surface area contributed by atoms with Gasteiger partial charge in [0.15, 0.2) is 0 Å². The van der Waals surface area contributed by atoms with Crippen LogP contribution in [0.5, 0.6) is 0 Å². The Morgan fingerprint density at radius 1 is 0.360 bits per heavy atom. The molecule has 0 heterocycles. The third-order valence-corrected chi connectivity index (χ3v) is 11.0. The lowest BCUT2D eigenvalue weighted by Crippen LogP contribution is -2.15. The molecule has 0 aliphatic heterocycles. The summed E-state index contributed by atoms with van der Waals surface area (Å²) in [6.45, 7) is 4.71. The van der Waals surface area contributed by atoms with Gasteiger partial charge in [-0.05, 0) is 95.9 Å². The minimum Gasteiger partial charge on any atom is -0.309 e. The Kier molecular flexibility index (Phi) is 6.29. The fourth-order valence-electron chi connectivity index (χ4n) is 8.55. The van der Waals surface area contributed by atoms with Crippen molar-refractivity contribution in [1.82, 2.24) is 0 Å². The summed E-state index contributed by atoms with van der Waals surface area (Å²) < 4.78 is 0. The second-order valence-electron chi connectivity index (χ2n) is 14.1. The van der Waals surface area contributed by atoms with Crippen LogP contribution in [0.15, 0.2) is 176 Å². The van der Waals surface area contributed by atoms with E-state index in [-0.39, 0.29) is 5.41 Å². The Labute approximate surface area is 292 Å². The second kappa shape index (κ2) is 10.9. The van der Waals surface area contributed by atoms with Crippen molar-refractivity contribution in [2.24, 2.45) is 0 Å². The van der Waals surface area contributed by atoms with Crippen LogP contribution in [0.2, 0.25) is 0 Å². The van der Waals surface area contributed by atoms with Crippen molar-refractivity contribution in [3.63, 3.8) is 0 Å². The van der Waals surface area contributed by atoms with Gasteiger partial charge in [-0.25, -0.2) is 0 Å². The summed E-state index contributed by atoms with van der Waals surface area (Å²) in [7, 11) is 0. The molecule has 10 rings (SSSR count). The number of hydrogen-bond donors (Lipinski definition) is 0. The largest absolute Gasteiger partial charge is 0.309 e. The topological polar surface area (TPSA) is 3.24 Å². The Hall–Kier alpha value is -6.18. The molecule has 0 saturated carbocycles. The van der Waals surface area contributed by atoms with Crippen LogP contribution in [-0.2, 0) is 5.41 Å². The van der Waals surface area contributed by atoms with Crippen LogP contribution < -0.4 is 4.90 Å². The summed E-state index contributed by atoms with van der Waals surface area (Å²) in [6.07, 6.45) is 0. The average Bonchev–Trinajstić information content (AvgIpc) is 3.40. The van der Waals surface area contributed by atoms with Gasteiger partial charge < -0.3 is 4.90 Å². The van der Waals surface area contributed by atoms with Gasteiger partial charge in [-0.1, -0.05) is 159 Å². The standard InChI is InChI=1S/C49H35N/c1-49(2)45-21-11-9-19-41(45)44-30-36(26-28-46(44)49)50(47-22-12-10-17-38(47)35-24-23-32-13-3-4-15-34(32)29-35)48-31-43-37-16-6-5-14-33(37)25-27-40(43)39-18-7-8-20-42(39)48/h3-31H,1-2H3. The van der Waals surface area contributed by atoms with Gasteiger partial charge in [0, 0.05) is 22.1 Å². The van der Waals surface area contributed by atoms with Gasteiger partial charge >= 0.3 is 0 Å². The summed E-state index contributed by atoms with van der Waals surface area (Å²) in [4.78, 5) is 2.52. The first-order chi connectivity index (χ1) is 24.6. The molecule has 0 bridgehead atoms. The molecule has 1 nitrogen and oxygen atoms in total. The van der Waals surface area contributed by atoms with Crippen LogP contribution in [-0.4, -0.2) is 0 Å². The van der Waals surface area contributed by atoms with Gasteiger partial charge in [0.05, 0.1) is 11.4 Å². The zero-order valence-corrected chi connectivity index (χ0v) is 28.2. The highest BCUT2D eigenvalue weighted by Crippen LogP contribution is 2.52. The molecule has 0 aromatic heterocycles. The van der Waals surface area contributed by atoms with E-state index in [1.807, 2.05) is 0 Å². The molecular weight excluding hydrogens is 603 g/mol. The van der Waals surface area contributed by atoms with E-state index >= 15 is 0 Å². The van der Waals surface area contributed by atoms with E-state index in [1.165, 1.54) is 82.2 Å². The zero-order valence-electron chi connectivity index (χ0n) is 28.2. The third-order valence-electron chi connectivity index (χ3n) is 11.0. The molecule has 0 spiro atoms. The summed E-state index contributed by atoms with van der Waals surface area (Å²) in [5, 5.41) is 10.0. The van der Waals surface area contributed by atoms with Crippen LogP contribution >= 0.6 is 0 Å². The van der Waals surface area contributed by atoms with Gasteiger partial charge in [0.1, 0.15) is 0 Å². The van der Waals surface area contributed by atoms with E-state index in [0.717, 1.165) is 11.4 Å². The molecule has 1 heteroatoms. The third kappa shape index (κ3) is 4.27. The van der Waals surface area contributed by atoms with Crippen LogP contribution in [0.4, 0.5) is 17.1 Å². The molecule has 0 atom stereocenters. The minimum atomic E-state index is -0.0626. The van der Waals surface area contributed by atoms with Crippen molar-refractivity contribution >= 4 is 60.2 Å². The summed E-state index contributed by atoms with van der Waals surface area (Å²) >= 11 is 0. The molecule has 236 valence electrons. The van der Waals surface area contributed by atoms with Crippen LogP contribution in [0.3, 0.4) is 0 Å². The highest BCUT2D eigenvalue weighted by molar-refractivity contribution is 6.21. The minimum absolute atomic E-state index is 0.0626. The number of hydrogen-bond acceptors (Lipinski definition) is 1. The first-order valence-electron chi connectivity index (χ1n) is 17.5. The van der Waals surface area contributed by atoms with Crippen molar-refractivity contribution in [3.8, 4) is 22.3 Å². The lowest BCUT2D eigenvalue weighted by molar-refractivity contribution is 0.660.